The quantitative estimate of drug-likeness (QED) is 0.293. The average molecular weight is 475 g/mol. The molecule has 0 saturated heterocycles. The smallest absolute Gasteiger partial charge is 0.255 e. The Morgan fingerprint density at radius 1 is 0.941 bits per heavy atom. The molecule has 0 atom stereocenters. The maximum atomic E-state index is 12.7. The fourth-order valence-corrected chi connectivity index (χ4v) is 4.25. The monoisotopic (exact) mass is 474 g/mol. The number of hydrogen-bond acceptors (Lipinski definition) is 6. The molecule has 1 amide bonds. The Morgan fingerprint density at radius 3 is 2.32 bits per heavy atom. The Hall–Kier alpha value is -3.71. The third-order valence-electron chi connectivity index (χ3n) is 5.32. The average Bonchev–Trinajstić information content (AvgIpc) is 3.24. The van der Waals surface area contributed by atoms with E-state index in [1.54, 1.807) is 56.3 Å². The van der Waals surface area contributed by atoms with Crippen molar-refractivity contribution in [3.8, 4) is 23.0 Å². The highest BCUT2D eigenvalue weighted by atomic mass is 32.2. The van der Waals surface area contributed by atoms with Crippen molar-refractivity contribution in [1.29, 1.82) is 0 Å². The lowest BCUT2D eigenvalue weighted by Crippen LogP contribution is -2.11. The number of thioether (sulfide) groups is 1. The van der Waals surface area contributed by atoms with Crippen molar-refractivity contribution in [2.45, 2.75) is 24.5 Å². The summed E-state index contributed by atoms with van der Waals surface area (Å²) in [4.78, 5) is 18.6. The number of carbonyl (C=O) groups excluding carboxylic acids is 1. The van der Waals surface area contributed by atoms with Crippen LogP contribution < -0.4 is 14.8 Å². The molecule has 0 unspecified atom stereocenters. The van der Waals surface area contributed by atoms with Gasteiger partial charge in [-0.1, -0.05) is 17.7 Å². The summed E-state index contributed by atoms with van der Waals surface area (Å²) in [6, 6.07) is 20.9. The third-order valence-corrected chi connectivity index (χ3v) is 6.35. The first-order chi connectivity index (χ1) is 16.5. The number of benzene rings is 3. The van der Waals surface area contributed by atoms with Gasteiger partial charge in [-0.05, 0) is 62.4 Å². The molecule has 7 heteroatoms. The molecule has 0 fully saturated rings. The van der Waals surface area contributed by atoms with Crippen molar-refractivity contribution >= 4 is 23.4 Å². The number of aryl methyl sites for hydroxylation is 2. The van der Waals surface area contributed by atoms with Gasteiger partial charge in [-0.3, -0.25) is 4.79 Å². The van der Waals surface area contributed by atoms with E-state index >= 15 is 0 Å². The first kappa shape index (κ1) is 23.4. The van der Waals surface area contributed by atoms with E-state index in [2.05, 4.69) is 41.5 Å². The number of ether oxygens (including phenoxy) is 2. The van der Waals surface area contributed by atoms with Crippen LogP contribution in [0.1, 0.15) is 27.4 Å². The number of methoxy groups -OCH3 is 2. The van der Waals surface area contributed by atoms with Gasteiger partial charge in [-0.15, -0.1) is 11.8 Å². The van der Waals surface area contributed by atoms with Crippen LogP contribution in [0.15, 0.2) is 76.0 Å². The molecular weight excluding hydrogens is 448 g/mol. The standard InChI is InChI=1S/C27H26N2O4S/c1-17-5-12-22(13-6-17)34-16-23-18(2)33-27(29-23)20-9-7-19(8-10-20)26(30)28-21-11-14-24(31-3)25(15-21)32-4/h5-15H,16H2,1-4H3,(H,28,30). The molecule has 0 aliphatic rings. The van der Waals surface area contributed by atoms with Gasteiger partial charge in [0.2, 0.25) is 5.89 Å². The topological polar surface area (TPSA) is 73.6 Å². The molecular formula is C27H26N2O4S. The van der Waals surface area contributed by atoms with E-state index in [4.69, 9.17) is 13.9 Å². The van der Waals surface area contributed by atoms with Crippen molar-refractivity contribution in [2.75, 3.05) is 19.5 Å². The van der Waals surface area contributed by atoms with Gasteiger partial charge in [0.1, 0.15) is 5.76 Å². The lowest BCUT2D eigenvalue weighted by molar-refractivity contribution is 0.102. The molecule has 0 radical (unpaired) electrons. The molecule has 0 aliphatic carbocycles. The maximum Gasteiger partial charge on any atom is 0.255 e. The number of rotatable bonds is 8. The molecule has 1 N–H and O–H groups in total. The Kier molecular flexibility index (Phi) is 7.23. The molecule has 34 heavy (non-hydrogen) atoms. The van der Waals surface area contributed by atoms with Crippen LogP contribution in [0, 0.1) is 13.8 Å². The summed E-state index contributed by atoms with van der Waals surface area (Å²) in [6.45, 7) is 4.00. The Labute approximate surface area is 203 Å². The minimum Gasteiger partial charge on any atom is -0.493 e. The second-order valence-electron chi connectivity index (χ2n) is 7.72. The first-order valence-electron chi connectivity index (χ1n) is 10.8. The van der Waals surface area contributed by atoms with Crippen molar-refractivity contribution in [2.24, 2.45) is 0 Å². The highest BCUT2D eigenvalue weighted by molar-refractivity contribution is 7.98. The van der Waals surface area contributed by atoms with E-state index in [1.807, 2.05) is 19.1 Å². The predicted octanol–water partition coefficient (Wildman–Crippen LogP) is 6.52. The first-order valence-corrected chi connectivity index (χ1v) is 11.7. The zero-order valence-corrected chi connectivity index (χ0v) is 20.4. The van der Waals surface area contributed by atoms with E-state index in [0.29, 0.717) is 28.6 Å². The van der Waals surface area contributed by atoms with Crippen molar-refractivity contribution in [3.63, 3.8) is 0 Å². The van der Waals surface area contributed by atoms with Gasteiger partial charge in [-0.2, -0.15) is 0 Å². The Morgan fingerprint density at radius 2 is 1.65 bits per heavy atom. The fourth-order valence-electron chi connectivity index (χ4n) is 3.35. The fraction of sp³-hybridized carbons (Fsp3) is 0.185. The third kappa shape index (κ3) is 5.43. The van der Waals surface area contributed by atoms with Crippen LogP contribution in [0.2, 0.25) is 0 Å². The van der Waals surface area contributed by atoms with Crippen LogP contribution >= 0.6 is 11.8 Å². The van der Waals surface area contributed by atoms with Gasteiger partial charge < -0.3 is 19.2 Å². The summed E-state index contributed by atoms with van der Waals surface area (Å²) < 4.78 is 16.4. The van der Waals surface area contributed by atoms with Crippen LogP contribution in [0.4, 0.5) is 5.69 Å². The number of nitrogens with zero attached hydrogens (tertiary/aromatic N) is 1. The van der Waals surface area contributed by atoms with Crippen LogP contribution in [-0.4, -0.2) is 25.1 Å². The largest absolute Gasteiger partial charge is 0.493 e. The van der Waals surface area contributed by atoms with Gasteiger partial charge in [0, 0.05) is 33.5 Å². The summed E-state index contributed by atoms with van der Waals surface area (Å²) in [7, 11) is 3.12. The summed E-state index contributed by atoms with van der Waals surface area (Å²) in [5.41, 5.74) is 4.11. The summed E-state index contributed by atoms with van der Waals surface area (Å²) in [5.74, 6) is 2.99. The number of hydrogen-bond donors (Lipinski definition) is 1. The Bertz CT molecular complexity index is 1280. The normalized spacial score (nSPS) is 10.7. The molecule has 3 aromatic carbocycles. The van der Waals surface area contributed by atoms with Crippen molar-refractivity contribution in [3.05, 3.63) is 89.3 Å². The van der Waals surface area contributed by atoms with Crippen LogP contribution in [0.5, 0.6) is 11.5 Å². The van der Waals surface area contributed by atoms with Crippen molar-refractivity contribution < 1.29 is 18.7 Å². The molecule has 174 valence electrons. The summed E-state index contributed by atoms with van der Waals surface area (Å²) >= 11 is 1.72. The summed E-state index contributed by atoms with van der Waals surface area (Å²) in [6.07, 6.45) is 0. The van der Waals surface area contributed by atoms with Gasteiger partial charge >= 0.3 is 0 Å². The molecule has 0 aliphatic heterocycles. The lowest BCUT2D eigenvalue weighted by Gasteiger charge is -2.10. The van der Waals surface area contributed by atoms with E-state index in [1.165, 1.54) is 10.5 Å². The molecule has 4 aromatic rings. The second kappa shape index (κ2) is 10.5. The molecule has 4 rings (SSSR count). The molecule has 0 spiro atoms. The Balaban J connectivity index is 1.42. The number of amides is 1. The van der Waals surface area contributed by atoms with Gasteiger partial charge in [0.15, 0.2) is 11.5 Å². The van der Waals surface area contributed by atoms with E-state index in [0.717, 1.165) is 22.8 Å². The maximum absolute atomic E-state index is 12.7. The van der Waals surface area contributed by atoms with Gasteiger partial charge in [0.25, 0.3) is 5.91 Å². The van der Waals surface area contributed by atoms with E-state index in [-0.39, 0.29) is 5.91 Å². The predicted molar refractivity (Wildman–Crippen MR) is 135 cm³/mol. The van der Waals surface area contributed by atoms with Gasteiger partial charge in [0.05, 0.1) is 19.9 Å². The lowest BCUT2D eigenvalue weighted by atomic mass is 10.1. The second-order valence-corrected chi connectivity index (χ2v) is 8.77. The van der Waals surface area contributed by atoms with Crippen molar-refractivity contribution in [1.82, 2.24) is 4.98 Å². The minimum atomic E-state index is -0.224. The SMILES string of the molecule is COc1ccc(NC(=O)c2ccc(-c3nc(CSc4ccc(C)cc4)c(C)o3)cc2)cc1OC. The van der Waals surface area contributed by atoms with Gasteiger partial charge in [-0.25, -0.2) is 4.98 Å². The van der Waals surface area contributed by atoms with Crippen LogP contribution in [0.3, 0.4) is 0 Å². The number of carbonyl (C=O) groups is 1. The zero-order valence-electron chi connectivity index (χ0n) is 19.5. The molecule has 1 heterocycles. The van der Waals surface area contributed by atoms with E-state index < -0.39 is 0 Å². The minimum absolute atomic E-state index is 0.224. The molecule has 1 aromatic heterocycles. The highest BCUT2D eigenvalue weighted by Crippen LogP contribution is 2.30. The van der Waals surface area contributed by atoms with Crippen LogP contribution in [-0.2, 0) is 5.75 Å². The number of aromatic nitrogens is 1. The molecule has 0 saturated carbocycles. The molecule has 6 nitrogen and oxygen atoms in total. The van der Waals surface area contributed by atoms with Crippen LogP contribution in [0.25, 0.3) is 11.5 Å². The highest BCUT2D eigenvalue weighted by Gasteiger charge is 2.14. The molecule has 0 bridgehead atoms. The zero-order chi connectivity index (χ0) is 24.1. The number of nitrogens with one attached hydrogen (secondary N) is 1. The van der Waals surface area contributed by atoms with E-state index in [9.17, 15) is 4.79 Å². The summed E-state index contributed by atoms with van der Waals surface area (Å²) in [5, 5.41) is 2.88. The number of oxazole rings is 1. The number of anilines is 1.